The number of halogens is 1. The van der Waals surface area contributed by atoms with Gasteiger partial charge >= 0.3 is 0 Å². The highest BCUT2D eigenvalue weighted by Crippen LogP contribution is 2.37. The Labute approximate surface area is 214 Å². The Bertz CT molecular complexity index is 1430. The van der Waals surface area contributed by atoms with Crippen LogP contribution in [0.4, 0.5) is 11.4 Å². The van der Waals surface area contributed by atoms with E-state index < -0.39 is 0 Å². The predicted octanol–water partition coefficient (Wildman–Crippen LogP) is 6.10. The van der Waals surface area contributed by atoms with Gasteiger partial charge in [0.05, 0.1) is 12.5 Å². The van der Waals surface area contributed by atoms with Crippen LogP contribution in [0.3, 0.4) is 0 Å². The molecule has 1 aliphatic rings. The third kappa shape index (κ3) is 4.95. The van der Waals surface area contributed by atoms with Crippen molar-refractivity contribution in [2.75, 3.05) is 29.9 Å². The van der Waals surface area contributed by atoms with Crippen LogP contribution in [-0.2, 0) is 4.79 Å². The van der Waals surface area contributed by atoms with Crippen LogP contribution in [0.15, 0.2) is 77.6 Å². The lowest BCUT2D eigenvalue weighted by Gasteiger charge is -2.34. The van der Waals surface area contributed by atoms with Gasteiger partial charge in [-0.25, -0.2) is 0 Å². The average Bonchev–Trinajstić information content (AvgIpc) is 2.90. The highest BCUT2D eigenvalue weighted by atomic mass is 35.5. The average molecular weight is 502 g/mol. The van der Waals surface area contributed by atoms with Crippen LogP contribution in [0.2, 0.25) is 5.02 Å². The number of aromatic amines is 1. The van der Waals surface area contributed by atoms with Gasteiger partial charge in [-0.05, 0) is 67.8 Å². The van der Waals surface area contributed by atoms with Gasteiger partial charge < -0.3 is 19.9 Å². The molecule has 1 aromatic heterocycles. The fourth-order valence-corrected chi connectivity index (χ4v) is 5.07. The van der Waals surface area contributed by atoms with Gasteiger partial charge in [0.15, 0.2) is 0 Å². The van der Waals surface area contributed by atoms with E-state index >= 15 is 0 Å². The molecule has 0 spiro atoms. The molecule has 1 amide bonds. The molecule has 1 saturated heterocycles. The maximum atomic E-state index is 13.4. The summed E-state index contributed by atoms with van der Waals surface area (Å²) in [6.45, 7) is 3.68. The lowest BCUT2D eigenvalue weighted by atomic mass is 9.93. The molecule has 36 heavy (non-hydrogen) atoms. The van der Waals surface area contributed by atoms with Crippen LogP contribution in [-0.4, -0.2) is 30.6 Å². The van der Waals surface area contributed by atoms with Crippen LogP contribution in [0, 0.1) is 5.92 Å². The van der Waals surface area contributed by atoms with Crippen LogP contribution in [0.5, 0.6) is 5.75 Å². The van der Waals surface area contributed by atoms with Crippen molar-refractivity contribution in [1.82, 2.24) is 4.98 Å². The van der Waals surface area contributed by atoms with Gasteiger partial charge in [-0.3, -0.25) is 9.59 Å². The van der Waals surface area contributed by atoms with Gasteiger partial charge in [-0.15, -0.1) is 0 Å². The first kappa shape index (κ1) is 23.9. The van der Waals surface area contributed by atoms with Crippen molar-refractivity contribution in [2.24, 2.45) is 5.92 Å². The standard InChI is InChI=1S/C29H28ClN3O3/c1-2-36-23-13-11-22(12-14-23)31-28(34)20-9-6-16-33(18-20)27-26(19-7-4-3-5-8-19)24-17-21(30)10-15-25(24)32-29(27)35/h3-5,7-8,10-15,17,20H,2,6,9,16,18H2,1H3,(H,31,34)(H,32,35)/t20-/m0/s1. The van der Waals surface area contributed by atoms with Gasteiger partial charge in [0.1, 0.15) is 11.4 Å². The molecule has 7 heteroatoms. The van der Waals surface area contributed by atoms with Gasteiger partial charge in [0, 0.05) is 40.3 Å². The maximum absolute atomic E-state index is 13.4. The van der Waals surface area contributed by atoms with Crippen molar-refractivity contribution in [2.45, 2.75) is 19.8 Å². The first-order valence-corrected chi connectivity index (χ1v) is 12.6. The molecule has 1 atom stereocenters. The molecule has 6 nitrogen and oxygen atoms in total. The predicted molar refractivity (Wildman–Crippen MR) is 146 cm³/mol. The zero-order valence-corrected chi connectivity index (χ0v) is 20.8. The third-order valence-corrected chi connectivity index (χ3v) is 6.79. The first-order chi connectivity index (χ1) is 17.5. The first-order valence-electron chi connectivity index (χ1n) is 12.2. The normalized spacial score (nSPS) is 15.6. The molecule has 4 aromatic rings. The van der Waals surface area contributed by atoms with Gasteiger partial charge in [-0.1, -0.05) is 41.9 Å². The molecule has 1 aliphatic heterocycles. The number of aromatic nitrogens is 1. The number of hydrogen-bond acceptors (Lipinski definition) is 4. The van der Waals surface area contributed by atoms with Crippen molar-refractivity contribution in [3.8, 4) is 16.9 Å². The van der Waals surface area contributed by atoms with Crippen molar-refractivity contribution in [3.05, 3.63) is 88.2 Å². The van der Waals surface area contributed by atoms with E-state index in [4.69, 9.17) is 16.3 Å². The quantitative estimate of drug-likeness (QED) is 0.334. The number of piperidine rings is 1. The molecule has 0 unspecified atom stereocenters. The number of H-pyrrole nitrogens is 1. The van der Waals surface area contributed by atoms with E-state index in [0.717, 1.165) is 46.3 Å². The number of nitrogens with one attached hydrogen (secondary N) is 2. The van der Waals surface area contributed by atoms with E-state index in [1.54, 1.807) is 6.07 Å². The lowest BCUT2D eigenvalue weighted by Crippen LogP contribution is -2.43. The number of fused-ring (bicyclic) bond motifs is 1. The van der Waals surface area contributed by atoms with E-state index in [1.807, 2.05) is 78.6 Å². The highest BCUT2D eigenvalue weighted by Gasteiger charge is 2.29. The van der Waals surface area contributed by atoms with Crippen molar-refractivity contribution in [1.29, 1.82) is 0 Å². The Hall–Kier alpha value is -3.77. The third-order valence-electron chi connectivity index (χ3n) is 6.55. The number of anilines is 2. The van der Waals surface area contributed by atoms with Crippen LogP contribution in [0.25, 0.3) is 22.0 Å². The van der Waals surface area contributed by atoms with Gasteiger partial charge in [-0.2, -0.15) is 0 Å². The smallest absolute Gasteiger partial charge is 0.272 e. The van der Waals surface area contributed by atoms with E-state index in [0.29, 0.717) is 30.4 Å². The molecule has 2 N–H and O–H groups in total. The second-order valence-electron chi connectivity index (χ2n) is 8.97. The number of hydrogen-bond donors (Lipinski definition) is 2. The summed E-state index contributed by atoms with van der Waals surface area (Å²) >= 11 is 6.36. The Morgan fingerprint density at radius 2 is 1.89 bits per heavy atom. The maximum Gasteiger partial charge on any atom is 0.272 e. The van der Waals surface area contributed by atoms with Gasteiger partial charge in [0.25, 0.3) is 5.56 Å². The summed E-state index contributed by atoms with van der Waals surface area (Å²) in [5.74, 6) is 0.470. The number of pyridine rings is 1. The van der Waals surface area contributed by atoms with E-state index in [1.165, 1.54) is 0 Å². The van der Waals surface area contributed by atoms with E-state index in [2.05, 4.69) is 10.3 Å². The number of benzene rings is 3. The molecule has 5 rings (SSSR count). The summed E-state index contributed by atoms with van der Waals surface area (Å²) in [4.78, 5) is 31.7. The molecule has 2 heterocycles. The summed E-state index contributed by atoms with van der Waals surface area (Å²) in [5.41, 5.74) is 3.64. The molecule has 0 bridgehead atoms. The number of rotatable bonds is 6. The van der Waals surface area contributed by atoms with Crippen molar-refractivity contribution in [3.63, 3.8) is 0 Å². The highest BCUT2D eigenvalue weighted by molar-refractivity contribution is 6.31. The number of nitrogens with zero attached hydrogens (tertiary/aromatic N) is 1. The zero-order valence-electron chi connectivity index (χ0n) is 20.1. The molecule has 1 fully saturated rings. The molecule has 0 saturated carbocycles. The Kier molecular flexibility index (Phi) is 6.96. The Morgan fingerprint density at radius 1 is 1.11 bits per heavy atom. The second-order valence-corrected chi connectivity index (χ2v) is 9.40. The Balaban J connectivity index is 1.47. The SMILES string of the molecule is CCOc1ccc(NC(=O)[C@H]2CCCN(c3c(-c4ccccc4)c4cc(Cl)ccc4[nH]c3=O)C2)cc1. The summed E-state index contributed by atoms with van der Waals surface area (Å²) in [5, 5.41) is 4.51. The fourth-order valence-electron chi connectivity index (χ4n) is 4.89. The van der Waals surface area contributed by atoms with E-state index in [9.17, 15) is 9.59 Å². The summed E-state index contributed by atoms with van der Waals surface area (Å²) in [7, 11) is 0. The fraction of sp³-hybridized carbons (Fsp3) is 0.241. The molecule has 0 aliphatic carbocycles. The molecule has 184 valence electrons. The molecule has 3 aromatic carbocycles. The Morgan fingerprint density at radius 3 is 2.64 bits per heavy atom. The minimum atomic E-state index is -0.247. The minimum absolute atomic E-state index is 0.0506. The summed E-state index contributed by atoms with van der Waals surface area (Å²) < 4.78 is 5.48. The largest absolute Gasteiger partial charge is 0.494 e. The van der Waals surface area contributed by atoms with Crippen molar-refractivity contribution >= 4 is 39.8 Å². The zero-order chi connectivity index (χ0) is 25.1. The monoisotopic (exact) mass is 501 g/mol. The molecule has 0 radical (unpaired) electrons. The summed E-state index contributed by atoms with van der Waals surface area (Å²) in [6.07, 6.45) is 1.57. The van der Waals surface area contributed by atoms with Gasteiger partial charge in [0.2, 0.25) is 5.91 Å². The van der Waals surface area contributed by atoms with Crippen LogP contribution in [0.1, 0.15) is 19.8 Å². The molecular formula is C29H28ClN3O3. The van der Waals surface area contributed by atoms with Crippen LogP contribution < -0.4 is 20.5 Å². The summed E-state index contributed by atoms with van der Waals surface area (Å²) in [6, 6.07) is 22.7. The van der Waals surface area contributed by atoms with E-state index in [-0.39, 0.29) is 17.4 Å². The topological polar surface area (TPSA) is 74.4 Å². The second kappa shape index (κ2) is 10.5. The molecular weight excluding hydrogens is 474 g/mol. The number of ether oxygens (including phenoxy) is 1. The number of carbonyl (C=O) groups excluding carboxylic acids is 1. The number of carbonyl (C=O) groups is 1. The van der Waals surface area contributed by atoms with Crippen LogP contribution >= 0.6 is 11.6 Å². The minimum Gasteiger partial charge on any atom is -0.494 e. The van der Waals surface area contributed by atoms with Crippen molar-refractivity contribution < 1.29 is 9.53 Å². The lowest BCUT2D eigenvalue weighted by molar-refractivity contribution is -0.120. The number of amides is 1.